The fraction of sp³-hybridized carbons (Fsp3) is 0.345. The monoisotopic (exact) mass is 545 g/mol. The average Bonchev–Trinajstić information content (AvgIpc) is 3.46. The number of hydrogen-bond donors (Lipinski definition) is 2. The van der Waals surface area contributed by atoms with Gasteiger partial charge in [-0.2, -0.15) is 0 Å². The van der Waals surface area contributed by atoms with Crippen LogP contribution in [0.4, 0.5) is 14.6 Å². The lowest BCUT2D eigenvalue weighted by molar-refractivity contribution is 0.0948. The molecule has 2 aromatic carbocycles. The number of anilines is 1. The smallest absolute Gasteiger partial charge is 0.266 e. The molecule has 9 nitrogen and oxygen atoms in total. The third kappa shape index (κ3) is 5.55. The molecule has 1 saturated heterocycles. The van der Waals surface area contributed by atoms with Gasteiger partial charge in [-0.1, -0.05) is 12.1 Å². The van der Waals surface area contributed by atoms with Crippen molar-refractivity contribution >= 4 is 22.8 Å². The average molecular weight is 546 g/mol. The Morgan fingerprint density at radius 1 is 0.975 bits per heavy atom. The van der Waals surface area contributed by atoms with Crippen molar-refractivity contribution in [3.8, 4) is 0 Å². The number of likely N-dealkylation sites (tertiary alicyclic amines) is 1. The molecule has 206 valence electrons. The van der Waals surface area contributed by atoms with E-state index in [-0.39, 0.29) is 18.7 Å². The van der Waals surface area contributed by atoms with E-state index >= 15 is 0 Å². The van der Waals surface area contributed by atoms with Gasteiger partial charge in [-0.15, -0.1) is 0 Å². The molecule has 0 radical (unpaired) electrons. The SMILES string of the molecule is O=C(NCc1ccc2ncc(NC3CC(N4CCCC4)C3)nc2c1)c1cncn(Cc2ccc(F)c(F)c2)c1=O. The van der Waals surface area contributed by atoms with E-state index in [2.05, 4.69) is 25.5 Å². The molecule has 1 aliphatic carbocycles. The molecule has 0 spiro atoms. The van der Waals surface area contributed by atoms with Crippen LogP contribution in [0.3, 0.4) is 0 Å². The van der Waals surface area contributed by atoms with Crippen molar-refractivity contribution in [2.45, 2.75) is 50.9 Å². The van der Waals surface area contributed by atoms with Gasteiger partial charge in [0.05, 0.1) is 30.1 Å². The number of nitrogens with one attached hydrogen (secondary N) is 2. The van der Waals surface area contributed by atoms with Crippen LogP contribution in [0.15, 0.2) is 59.9 Å². The second-order valence-corrected chi connectivity index (χ2v) is 10.5. The molecule has 2 aromatic heterocycles. The van der Waals surface area contributed by atoms with Crippen molar-refractivity contribution in [2.24, 2.45) is 0 Å². The first-order valence-corrected chi connectivity index (χ1v) is 13.5. The molecule has 1 aliphatic heterocycles. The Bertz CT molecular complexity index is 1610. The van der Waals surface area contributed by atoms with Crippen molar-refractivity contribution in [1.82, 2.24) is 29.7 Å². The summed E-state index contributed by atoms with van der Waals surface area (Å²) in [6.45, 7) is 2.54. The van der Waals surface area contributed by atoms with Crippen LogP contribution in [-0.4, -0.2) is 55.5 Å². The number of fused-ring (bicyclic) bond motifs is 1. The zero-order valence-corrected chi connectivity index (χ0v) is 21.8. The largest absolute Gasteiger partial charge is 0.366 e. The van der Waals surface area contributed by atoms with Gasteiger partial charge in [0.2, 0.25) is 0 Å². The molecule has 6 rings (SSSR count). The number of benzene rings is 2. The van der Waals surface area contributed by atoms with Crippen molar-refractivity contribution in [1.29, 1.82) is 0 Å². The Kier molecular flexibility index (Phi) is 7.21. The Morgan fingerprint density at radius 3 is 2.58 bits per heavy atom. The highest BCUT2D eigenvalue weighted by atomic mass is 19.2. The lowest BCUT2D eigenvalue weighted by Crippen LogP contribution is -2.48. The molecule has 3 heterocycles. The summed E-state index contributed by atoms with van der Waals surface area (Å²) in [7, 11) is 0. The normalized spacial score (nSPS) is 18.9. The van der Waals surface area contributed by atoms with Crippen molar-refractivity contribution in [2.75, 3.05) is 18.4 Å². The van der Waals surface area contributed by atoms with Gasteiger partial charge in [-0.05, 0) is 74.2 Å². The summed E-state index contributed by atoms with van der Waals surface area (Å²) in [5.41, 5.74) is 1.90. The highest BCUT2D eigenvalue weighted by Gasteiger charge is 2.34. The van der Waals surface area contributed by atoms with Crippen LogP contribution in [0.25, 0.3) is 11.0 Å². The number of rotatable bonds is 8. The summed E-state index contributed by atoms with van der Waals surface area (Å²) in [5, 5.41) is 6.25. The summed E-state index contributed by atoms with van der Waals surface area (Å²) >= 11 is 0. The van der Waals surface area contributed by atoms with Crippen LogP contribution in [0, 0.1) is 11.6 Å². The van der Waals surface area contributed by atoms with E-state index in [0.717, 1.165) is 41.9 Å². The van der Waals surface area contributed by atoms with E-state index in [1.807, 2.05) is 18.2 Å². The predicted octanol–water partition coefficient (Wildman–Crippen LogP) is 3.48. The van der Waals surface area contributed by atoms with Crippen LogP contribution in [-0.2, 0) is 13.1 Å². The standard InChI is InChI=1S/C29H29F2N7O2/c30-23-5-3-19(9-24(23)31)16-38-17-32-14-22(29(38)40)28(39)34-13-18-4-6-25-26(10-18)36-27(15-33-25)35-20-11-21(12-20)37-7-1-2-8-37/h3-6,9-10,14-15,17,20-21H,1-2,7-8,11-13,16H2,(H,34,39)(H,35,36). The number of hydrogen-bond acceptors (Lipinski definition) is 7. The van der Waals surface area contributed by atoms with Gasteiger partial charge in [0.1, 0.15) is 11.4 Å². The lowest BCUT2D eigenvalue weighted by Gasteiger charge is -2.41. The molecule has 0 atom stereocenters. The Hall–Kier alpha value is -4.25. The van der Waals surface area contributed by atoms with Crippen LogP contribution in [0.5, 0.6) is 0 Å². The quantitative estimate of drug-likeness (QED) is 0.349. The summed E-state index contributed by atoms with van der Waals surface area (Å²) in [5.74, 6) is -1.84. The predicted molar refractivity (Wildman–Crippen MR) is 146 cm³/mol. The molecule has 2 N–H and O–H groups in total. The first-order valence-electron chi connectivity index (χ1n) is 13.5. The van der Waals surface area contributed by atoms with Crippen molar-refractivity contribution in [3.05, 3.63) is 93.8 Å². The summed E-state index contributed by atoms with van der Waals surface area (Å²) < 4.78 is 28.0. The lowest BCUT2D eigenvalue weighted by atomic mass is 9.85. The van der Waals surface area contributed by atoms with Crippen LogP contribution < -0.4 is 16.2 Å². The molecular formula is C29H29F2N7O2. The minimum atomic E-state index is -1.01. The second-order valence-electron chi connectivity index (χ2n) is 10.5. The Labute approximate surface area is 229 Å². The van der Waals surface area contributed by atoms with E-state index in [1.54, 1.807) is 6.20 Å². The van der Waals surface area contributed by atoms with Crippen molar-refractivity contribution < 1.29 is 13.6 Å². The van der Waals surface area contributed by atoms with E-state index in [9.17, 15) is 18.4 Å². The van der Waals surface area contributed by atoms with Gasteiger partial charge < -0.3 is 15.5 Å². The molecular weight excluding hydrogens is 516 g/mol. The molecule has 0 bridgehead atoms. The summed E-state index contributed by atoms with van der Waals surface area (Å²) in [6.07, 6.45) is 9.02. The van der Waals surface area contributed by atoms with Crippen molar-refractivity contribution in [3.63, 3.8) is 0 Å². The van der Waals surface area contributed by atoms with Gasteiger partial charge in [-0.3, -0.25) is 19.1 Å². The number of carbonyl (C=O) groups excluding carboxylic acids is 1. The molecule has 0 unspecified atom stereocenters. The molecule has 4 aromatic rings. The zero-order valence-electron chi connectivity index (χ0n) is 21.8. The number of aromatic nitrogens is 4. The molecule has 2 fully saturated rings. The highest BCUT2D eigenvalue weighted by Crippen LogP contribution is 2.30. The van der Waals surface area contributed by atoms with E-state index < -0.39 is 23.1 Å². The third-order valence-corrected chi connectivity index (χ3v) is 7.66. The van der Waals surface area contributed by atoms with Crippen LogP contribution in [0.2, 0.25) is 0 Å². The van der Waals surface area contributed by atoms with E-state index in [1.165, 1.54) is 49.1 Å². The van der Waals surface area contributed by atoms with Gasteiger partial charge in [0.15, 0.2) is 11.6 Å². The molecule has 1 saturated carbocycles. The van der Waals surface area contributed by atoms with Crippen LogP contribution >= 0.6 is 0 Å². The third-order valence-electron chi connectivity index (χ3n) is 7.66. The van der Waals surface area contributed by atoms with Gasteiger partial charge in [-0.25, -0.2) is 18.7 Å². The molecule has 1 amide bonds. The minimum Gasteiger partial charge on any atom is -0.366 e. The second kappa shape index (κ2) is 11.1. The van der Waals surface area contributed by atoms with Gasteiger partial charge in [0, 0.05) is 24.8 Å². The molecule has 2 aliphatic rings. The summed E-state index contributed by atoms with van der Waals surface area (Å²) in [6, 6.07) is 10.00. The summed E-state index contributed by atoms with van der Waals surface area (Å²) in [4.78, 5) is 41.5. The first kappa shape index (κ1) is 26.0. The van der Waals surface area contributed by atoms with E-state index in [0.29, 0.717) is 23.2 Å². The Morgan fingerprint density at radius 2 is 1.77 bits per heavy atom. The fourth-order valence-electron chi connectivity index (χ4n) is 5.39. The highest BCUT2D eigenvalue weighted by molar-refractivity contribution is 5.93. The maximum Gasteiger partial charge on any atom is 0.266 e. The molecule has 11 heteroatoms. The maximum atomic E-state index is 13.6. The zero-order chi connectivity index (χ0) is 27.6. The van der Waals surface area contributed by atoms with Crippen LogP contribution in [0.1, 0.15) is 47.2 Å². The van der Waals surface area contributed by atoms with Gasteiger partial charge >= 0.3 is 0 Å². The maximum absolute atomic E-state index is 13.6. The Balaban J connectivity index is 1.09. The molecule has 40 heavy (non-hydrogen) atoms. The topological polar surface area (TPSA) is 105 Å². The van der Waals surface area contributed by atoms with Gasteiger partial charge in [0.25, 0.3) is 11.5 Å². The fourth-order valence-corrected chi connectivity index (χ4v) is 5.39. The number of amides is 1. The minimum absolute atomic E-state index is 0.0519. The number of carbonyl (C=O) groups is 1. The number of halogens is 2. The van der Waals surface area contributed by atoms with E-state index in [4.69, 9.17) is 4.98 Å². The number of nitrogens with zero attached hydrogens (tertiary/aromatic N) is 5. The first-order chi connectivity index (χ1) is 19.4.